The maximum absolute atomic E-state index is 13.4. The quantitative estimate of drug-likeness (QED) is 0.846. The molecule has 1 unspecified atom stereocenters. The summed E-state index contributed by atoms with van der Waals surface area (Å²) in [5, 5.41) is 11.5. The lowest BCUT2D eigenvalue weighted by Crippen LogP contribution is -2.32. The van der Waals surface area contributed by atoms with Crippen molar-refractivity contribution in [3.05, 3.63) is 34.6 Å². The van der Waals surface area contributed by atoms with Crippen molar-refractivity contribution in [2.24, 2.45) is 0 Å². The van der Waals surface area contributed by atoms with Gasteiger partial charge in [0, 0.05) is 18.2 Å². The third-order valence-corrected chi connectivity index (χ3v) is 2.87. The van der Waals surface area contributed by atoms with Crippen LogP contribution >= 0.6 is 0 Å². The minimum absolute atomic E-state index is 0.00434. The summed E-state index contributed by atoms with van der Waals surface area (Å²) in [4.78, 5) is 11.9. The van der Waals surface area contributed by atoms with E-state index in [2.05, 4.69) is 5.32 Å². The maximum atomic E-state index is 13.4. The van der Waals surface area contributed by atoms with E-state index >= 15 is 0 Å². The molecule has 100 valence electrons. The Balaban J connectivity index is 2.73. The lowest BCUT2D eigenvalue weighted by Gasteiger charge is -2.14. The van der Waals surface area contributed by atoms with Gasteiger partial charge in [-0.15, -0.1) is 0 Å². The largest absolute Gasteiger partial charge is 0.396 e. The van der Waals surface area contributed by atoms with Crippen LogP contribution in [0.25, 0.3) is 0 Å². The Morgan fingerprint density at radius 3 is 2.44 bits per heavy atom. The average Bonchev–Trinajstić information content (AvgIpc) is 2.32. The van der Waals surface area contributed by atoms with Gasteiger partial charge >= 0.3 is 0 Å². The van der Waals surface area contributed by atoms with Crippen LogP contribution in [0, 0.1) is 19.7 Å². The van der Waals surface area contributed by atoms with E-state index in [1.54, 1.807) is 26.0 Å². The molecule has 1 aromatic carbocycles. The number of aryl methyl sites for hydroxylation is 2. The molecule has 1 atom stereocenters. The van der Waals surface area contributed by atoms with E-state index in [4.69, 9.17) is 5.11 Å². The smallest absolute Gasteiger partial charge is 0.251 e. The molecule has 0 aliphatic heterocycles. The van der Waals surface area contributed by atoms with Crippen LogP contribution in [-0.2, 0) is 0 Å². The van der Waals surface area contributed by atoms with Crippen molar-refractivity contribution >= 4 is 5.91 Å². The van der Waals surface area contributed by atoms with Crippen LogP contribution in [-0.4, -0.2) is 23.7 Å². The Labute approximate surface area is 107 Å². The second-order valence-corrected chi connectivity index (χ2v) is 4.66. The van der Waals surface area contributed by atoms with Gasteiger partial charge in [0.15, 0.2) is 0 Å². The molecule has 0 saturated heterocycles. The van der Waals surface area contributed by atoms with E-state index in [0.29, 0.717) is 23.1 Å². The van der Waals surface area contributed by atoms with E-state index < -0.39 is 0 Å². The Morgan fingerprint density at radius 1 is 1.39 bits per heavy atom. The minimum atomic E-state index is -0.264. The van der Waals surface area contributed by atoms with Crippen LogP contribution in [0.2, 0.25) is 0 Å². The van der Waals surface area contributed by atoms with E-state index in [9.17, 15) is 9.18 Å². The summed E-state index contributed by atoms with van der Waals surface area (Å²) in [5.74, 6) is -0.466. The zero-order chi connectivity index (χ0) is 13.7. The Bertz CT molecular complexity index is 409. The van der Waals surface area contributed by atoms with Gasteiger partial charge in [-0.3, -0.25) is 4.79 Å². The molecule has 1 rings (SSSR count). The molecular weight excluding hydrogens is 233 g/mol. The first kappa shape index (κ1) is 14.6. The predicted octanol–water partition coefficient (Wildman–Crippen LogP) is 2.33. The number of rotatable bonds is 5. The highest BCUT2D eigenvalue weighted by molar-refractivity contribution is 5.94. The van der Waals surface area contributed by atoms with Crippen LogP contribution in [0.4, 0.5) is 4.39 Å². The molecule has 0 aromatic heterocycles. The number of benzene rings is 1. The third-order valence-electron chi connectivity index (χ3n) is 2.87. The van der Waals surface area contributed by atoms with Crippen LogP contribution in [0.15, 0.2) is 12.1 Å². The van der Waals surface area contributed by atoms with Gasteiger partial charge in [-0.05, 0) is 56.9 Å². The summed E-state index contributed by atoms with van der Waals surface area (Å²) in [5.41, 5.74) is 1.42. The van der Waals surface area contributed by atoms with Crippen LogP contribution in [0.5, 0.6) is 0 Å². The molecule has 0 radical (unpaired) electrons. The SMILES string of the molecule is Cc1cc(C(=O)NC(C)CCCO)cc(C)c1F. The predicted molar refractivity (Wildman–Crippen MR) is 69.1 cm³/mol. The Morgan fingerprint density at radius 2 is 1.94 bits per heavy atom. The number of hydrogen-bond acceptors (Lipinski definition) is 2. The standard InChI is InChI=1S/C14H20FNO2/c1-9-7-12(8-10(2)13(9)15)14(18)16-11(3)5-4-6-17/h7-8,11,17H,4-6H2,1-3H3,(H,16,18). The molecule has 0 saturated carbocycles. The second kappa shape index (κ2) is 6.50. The van der Waals surface area contributed by atoms with E-state index in [1.165, 1.54) is 0 Å². The molecule has 18 heavy (non-hydrogen) atoms. The molecular formula is C14H20FNO2. The van der Waals surface area contributed by atoms with Crippen molar-refractivity contribution in [3.8, 4) is 0 Å². The van der Waals surface area contributed by atoms with Crippen molar-refractivity contribution in [3.63, 3.8) is 0 Å². The van der Waals surface area contributed by atoms with Crippen molar-refractivity contribution in [1.82, 2.24) is 5.32 Å². The fourth-order valence-corrected chi connectivity index (χ4v) is 1.85. The number of amides is 1. The van der Waals surface area contributed by atoms with Crippen molar-refractivity contribution in [2.45, 2.75) is 39.7 Å². The average molecular weight is 253 g/mol. The first-order valence-electron chi connectivity index (χ1n) is 6.14. The number of hydrogen-bond donors (Lipinski definition) is 2. The first-order valence-corrected chi connectivity index (χ1v) is 6.14. The molecule has 3 nitrogen and oxygen atoms in total. The molecule has 0 fully saturated rings. The molecule has 0 bridgehead atoms. The fourth-order valence-electron chi connectivity index (χ4n) is 1.85. The van der Waals surface area contributed by atoms with Gasteiger partial charge in [0.1, 0.15) is 5.82 Å². The normalized spacial score (nSPS) is 12.3. The second-order valence-electron chi connectivity index (χ2n) is 4.66. The Kier molecular flexibility index (Phi) is 5.28. The summed E-state index contributed by atoms with van der Waals surface area (Å²) < 4.78 is 13.4. The maximum Gasteiger partial charge on any atom is 0.251 e. The number of halogens is 1. The van der Waals surface area contributed by atoms with E-state index in [-0.39, 0.29) is 24.4 Å². The molecule has 0 spiro atoms. The van der Waals surface area contributed by atoms with Crippen LogP contribution < -0.4 is 5.32 Å². The van der Waals surface area contributed by atoms with Gasteiger partial charge in [0.05, 0.1) is 0 Å². The van der Waals surface area contributed by atoms with E-state index in [1.807, 2.05) is 6.92 Å². The van der Waals surface area contributed by atoms with Crippen molar-refractivity contribution in [1.29, 1.82) is 0 Å². The molecule has 1 aromatic rings. The summed E-state index contributed by atoms with van der Waals surface area (Å²) in [7, 11) is 0. The van der Waals surface area contributed by atoms with Gasteiger partial charge in [-0.25, -0.2) is 4.39 Å². The summed E-state index contributed by atoms with van der Waals surface area (Å²) in [6.45, 7) is 5.30. The zero-order valence-electron chi connectivity index (χ0n) is 11.1. The van der Waals surface area contributed by atoms with Crippen molar-refractivity contribution in [2.75, 3.05) is 6.61 Å². The van der Waals surface area contributed by atoms with E-state index in [0.717, 1.165) is 6.42 Å². The molecule has 2 N–H and O–H groups in total. The number of carbonyl (C=O) groups is 1. The van der Waals surface area contributed by atoms with Crippen molar-refractivity contribution < 1.29 is 14.3 Å². The monoisotopic (exact) mass is 253 g/mol. The summed E-state index contributed by atoms with van der Waals surface area (Å²) in [6.07, 6.45) is 1.38. The lowest BCUT2D eigenvalue weighted by atomic mass is 10.1. The summed E-state index contributed by atoms with van der Waals surface area (Å²) in [6, 6.07) is 3.10. The molecule has 1 amide bonds. The number of aliphatic hydroxyl groups is 1. The highest BCUT2D eigenvalue weighted by Crippen LogP contribution is 2.15. The molecule has 0 aliphatic carbocycles. The number of nitrogens with one attached hydrogen (secondary N) is 1. The topological polar surface area (TPSA) is 49.3 Å². The fraction of sp³-hybridized carbons (Fsp3) is 0.500. The number of aliphatic hydroxyl groups excluding tert-OH is 1. The van der Waals surface area contributed by atoms with Gasteiger partial charge in [0.25, 0.3) is 5.91 Å². The summed E-state index contributed by atoms with van der Waals surface area (Å²) >= 11 is 0. The highest BCUT2D eigenvalue weighted by Gasteiger charge is 2.12. The third kappa shape index (κ3) is 3.81. The first-order chi connectivity index (χ1) is 8.45. The minimum Gasteiger partial charge on any atom is -0.396 e. The Hall–Kier alpha value is -1.42. The number of carbonyl (C=O) groups excluding carboxylic acids is 1. The van der Waals surface area contributed by atoms with Gasteiger partial charge in [-0.1, -0.05) is 0 Å². The highest BCUT2D eigenvalue weighted by atomic mass is 19.1. The lowest BCUT2D eigenvalue weighted by molar-refractivity contribution is 0.0936. The van der Waals surface area contributed by atoms with Gasteiger partial charge in [0.2, 0.25) is 0 Å². The molecule has 0 aliphatic rings. The zero-order valence-corrected chi connectivity index (χ0v) is 11.1. The van der Waals surface area contributed by atoms with Gasteiger partial charge in [-0.2, -0.15) is 0 Å². The van der Waals surface area contributed by atoms with Crippen LogP contribution in [0.1, 0.15) is 41.3 Å². The molecule has 4 heteroatoms. The molecule has 0 heterocycles. The van der Waals surface area contributed by atoms with Gasteiger partial charge < -0.3 is 10.4 Å². The van der Waals surface area contributed by atoms with Crippen LogP contribution in [0.3, 0.4) is 0 Å².